The summed E-state index contributed by atoms with van der Waals surface area (Å²) < 4.78 is 32.5. The van der Waals surface area contributed by atoms with Crippen molar-refractivity contribution in [1.82, 2.24) is 4.48 Å². The quantitative estimate of drug-likeness (QED) is 0.489. The van der Waals surface area contributed by atoms with Gasteiger partial charge in [-0.2, -0.15) is 0 Å². The van der Waals surface area contributed by atoms with Gasteiger partial charge in [0.05, 0.1) is 18.5 Å². The maximum absolute atomic E-state index is 13.4. The van der Waals surface area contributed by atoms with E-state index in [0.717, 1.165) is 15.8 Å². The number of carbonyl (C=O) groups is 1. The number of esters is 1. The van der Waals surface area contributed by atoms with E-state index in [0.29, 0.717) is 17.0 Å². The van der Waals surface area contributed by atoms with Gasteiger partial charge >= 0.3 is 13.4 Å². The molecule has 0 N–H and O–H groups in total. The van der Waals surface area contributed by atoms with E-state index in [2.05, 4.69) is 4.99 Å². The summed E-state index contributed by atoms with van der Waals surface area (Å²) in [5, 5.41) is 0. The topological polar surface area (TPSA) is 43.6 Å². The Balaban J connectivity index is 2.83. The van der Waals surface area contributed by atoms with E-state index in [9.17, 15) is 13.4 Å². The molecular weight excluding hydrogens is 289 g/mol. The van der Waals surface area contributed by atoms with Gasteiger partial charge in [-0.3, -0.25) is 13.6 Å². The van der Waals surface area contributed by atoms with Crippen molar-refractivity contribution >= 4 is 24.7 Å². The third kappa shape index (κ3) is 2.63. The molecule has 0 amide bonds. The number of allylic oxidation sites excluding steroid dienone is 2. The first kappa shape index (κ1) is 16.2. The van der Waals surface area contributed by atoms with Crippen LogP contribution in [0.3, 0.4) is 0 Å². The minimum atomic E-state index is -2.75. The summed E-state index contributed by atoms with van der Waals surface area (Å²) in [4.78, 5) is 16.6. The van der Waals surface area contributed by atoms with Gasteiger partial charge in [0.1, 0.15) is 5.57 Å². The molecule has 0 atom stereocenters. The Kier molecular flexibility index (Phi) is 4.35. The van der Waals surface area contributed by atoms with E-state index >= 15 is 0 Å². The molecule has 0 bridgehead atoms. The Morgan fingerprint density at radius 1 is 1.27 bits per heavy atom. The van der Waals surface area contributed by atoms with Crippen molar-refractivity contribution < 1.29 is 18.2 Å². The maximum Gasteiger partial charge on any atom is 0.677 e. The second kappa shape index (κ2) is 5.91. The van der Waals surface area contributed by atoms with E-state index in [-0.39, 0.29) is 11.3 Å². The molecule has 1 aliphatic heterocycles. The lowest BCUT2D eigenvalue weighted by Crippen LogP contribution is -2.21. The molecule has 4 nitrogen and oxygen atoms in total. The monoisotopic (exact) mass is 306 g/mol. The van der Waals surface area contributed by atoms with E-state index in [1.807, 2.05) is 0 Å². The van der Waals surface area contributed by atoms with Crippen LogP contribution in [0.5, 0.6) is 0 Å². The first-order chi connectivity index (χ1) is 10.3. The van der Waals surface area contributed by atoms with Crippen molar-refractivity contribution in [2.24, 2.45) is 4.99 Å². The number of aromatic nitrogens is 1. The average Bonchev–Trinajstić information content (AvgIpc) is 2.90. The smallest absolute Gasteiger partial charge is 0.465 e. The molecule has 1 aromatic heterocycles. The molecule has 0 unspecified atom stereocenters. The molecule has 0 aromatic carbocycles. The number of hydrogen-bond acceptors (Lipinski definition) is 3. The third-order valence-electron chi connectivity index (χ3n) is 3.57. The molecule has 0 radical (unpaired) electrons. The van der Waals surface area contributed by atoms with Crippen LogP contribution in [0.4, 0.5) is 8.63 Å². The average molecular weight is 306 g/mol. The molecule has 7 heteroatoms. The molecule has 1 aliphatic rings. The first-order valence-electron chi connectivity index (χ1n) is 6.81. The highest BCUT2D eigenvalue weighted by atomic mass is 19.2. The molecule has 0 aliphatic carbocycles. The highest BCUT2D eigenvalue weighted by Crippen LogP contribution is 2.33. The lowest BCUT2D eigenvalue weighted by molar-refractivity contribution is -0.133. The highest BCUT2D eigenvalue weighted by Gasteiger charge is 2.31. The summed E-state index contributed by atoms with van der Waals surface area (Å²) in [5.41, 5.74) is 3.03. The van der Waals surface area contributed by atoms with Crippen LogP contribution in [0, 0.1) is 13.8 Å². The number of hydrogen-bond donors (Lipinski definition) is 0. The zero-order valence-electron chi connectivity index (χ0n) is 13.2. The lowest BCUT2D eigenvalue weighted by Gasteiger charge is -2.14. The first-order valence-corrected chi connectivity index (χ1v) is 6.81. The second-order valence-corrected chi connectivity index (χ2v) is 5.26. The summed E-state index contributed by atoms with van der Waals surface area (Å²) in [6.45, 7) is 6.84. The van der Waals surface area contributed by atoms with Gasteiger partial charge in [0.2, 0.25) is 0 Å². The third-order valence-corrected chi connectivity index (χ3v) is 3.57. The van der Waals surface area contributed by atoms with E-state index in [1.54, 1.807) is 39.8 Å². The molecule has 116 valence electrons. The maximum atomic E-state index is 13.4. The van der Waals surface area contributed by atoms with E-state index in [4.69, 9.17) is 4.74 Å². The predicted octanol–water partition coefficient (Wildman–Crippen LogP) is 3.18. The van der Waals surface area contributed by atoms with Crippen LogP contribution in [0.25, 0.3) is 5.57 Å². The number of ether oxygens (including phenoxy) is 1. The van der Waals surface area contributed by atoms with Gasteiger partial charge in [-0.25, -0.2) is 4.79 Å². The summed E-state index contributed by atoms with van der Waals surface area (Å²) in [7, 11) is -1.52. The number of nitrogens with zero attached hydrogens (tertiary/aromatic N) is 2. The molecule has 2 rings (SSSR count). The van der Waals surface area contributed by atoms with Crippen molar-refractivity contribution in [3.63, 3.8) is 0 Å². The van der Waals surface area contributed by atoms with Gasteiger partial charge in [0, 0.05) is 11.4 Å². The van der Waals surface area contributed by atoms with Crippen LogP contribution in [-0.2, 0) is 9.53 Å². The molecule has 0 spiro atoms. The van der Waals surface area contributed by atoms with Crippen LogP contribution in [-0.4, -0.2) is 30.7 Å². The zero-order chi connectivity index (χ0) is 16.6. The normalized spacial score (nSPS) is 16.3. The fourth-order valence-corrected chi connectivity index (χ4v) is 2.73. The van der Waals surface area contributed by atoms with Gasteiger partial charge in [0.25, 0.3) is 0 Å². The van der Waals surface area contributed by atoms with E-state index in [1.165, 1.54) is 7.11 Å². The number of halogens is 2. The van der Waals surface area contributed by atoms with Gasteiger partial charge in [0.15, 0.2) is 0 Å². The second-order valence-electron chi connectivity index (χ2n) is 5.26. The molecule has 2 heterocycles. The summed E-state index contributed by atoms with van der Waals surface area (Å²) in [6, 6.07) is 1.62. The van der Waals surface area contributed by atoms with Crippen molar-refractivity contribution in [2.45, 2.75) is 27.7 Å². The van der Waals surface area contributed by atoms with Gasteiger partial charge in [-0.05, 0) is 51.0 Å². The van der Waals surface area contributed by atoms with Crippen LogP contribution in [0.2, 0.25) is 0 Å². The van der Waals surface area contributed by atoms with Gasteiger partial charge in [-0.1, -0.05) is 0 Å². The number of rotatable bonds is 3. The molecule has 0 saturated heterocycles. The van der Waals surface area contributed by atoms with Crippen LogP contribution >= 0.6 is 0 Å². The Morgan fingerprint density at radius 2 is 1.91 bits per heavy atom. The standard InChI is InChI=1S/C15H17BF2N2O2/c1-8-6-10(3)19-13(8)12(15(21)22-5)14-9(2)7-11(4)20(14)16(17)18/h6-7H,1-5H3/b13-12+. The molecule has 0 fully saturated rings. The van der Waals surface area contributed by atoms with Gasteiger partial charge in [-0.15, -0.1) is 0 Å². The fourth-order valence-electron chi connectivity index (χ4n) is 2.73. The van der Waals surface area contributed by atoms with E-state index < -0.39 is 13.4 Å². The van der Waals surface area contributed by atoms with Crippen molar-refractivity contribution in [3.05, 3.63) is 40.4 Å². The summed E-state index contributed by atoms with van der Waals surface area (Å²) in [5.74, 6) is -0.677. The zero-order valence-corrected chi connectivity index (χ0v) is 13.2. The fraction of sp³-hybridized carbons (Fsp3) is 0.333. The lowest BCUT2D eigenvalue weighted by atomic mass is 10.0. The van der Waals surface area contributed by atoms with Crippen molar-refractivity contribution in [1.29, 1.82) is 0 Å². The Bertz CT molecular complexity index is 730. The van der Waals surface area contributed by atoms with Crippen LogP contribution < -0.4 is 0 Å². The summed E-state index contributed by atoms with van der Waals surface area (Å²) >= 11 is 0. The molecule has 22 heavy (non-hydrogen) atoms. The van der Waals surface area contributed by atoms with Gasteiger partial charge < -0.3 is 9.21 Å². The minimum absolute atomic E-state index is 0.0685. The number of carbonyl (C=O) groups excluding carboxylic acids is 1. The Hall–Kier alpha value is -2.18. The SMILES string of the molecule is COC(=O)/C(=C1/N=C(C)C=C1C)c1c(C)cc(C)n1B(F)F. The highest BCUT2D eigenvalue weighted by molar-refractivity contribution is 6.42. The molecular formula is C15H17BF2N2O2. The predicted molar refractivity (Wildman–Crippen MR) is 83.1 cm³/mol. The number of aliphatic imine (C=N–C) groups is 1. The number of methoxy groups -OCH3 is 1. The molecule has 1 aromatic rings. The Labute approximate surface area is 128 Å². The minimum Gasteiger partial charge on any atom is -0.465 e. The number of aryl methyl sites for hydroxylation is 2. The Morgan fingerprint density at radius 3 is 2.36 bits per heavy atom. The molecule has 0 saturated carbocycles. The van der Waals surface area contributed by atoms with Crippen LogP contribution in [0.1, 0.15) is 30.8 Å². The van der Waals surface area contributed by atoms with Crippen molar-refractivity contribution in [2.75, 3.05) is 7.11 Å². The van der Waals surface area contributed by atoms with Crippen LogP contribution in [0.15, 0.2) is 28.4 Å². The largest absolute Gasteiger partial charge is 0.677 e. The van der Waals surface area contributed by atoms with Crippen molar-refractivity contribution in [3.8, 4) is 0 Å². The summed E-state index contributed by atoms with van der Waals surface area (Å²) in [6.07, 6.45) is 1.80.